The summed E-state index contributed by atoms with van der Waals surface area (Å²) in [6.45, 7) is 8.42. The molecule has 0 N–H and O–H groups in total. The molecule has 0 spiro atoms. The summed E-state index contributed by atoms with van der Waals surface area (Å²) in [4.78, 5) is 22.9. The molecular formula is C22H23NO4. The number of nitro groups is 1. The van der Waals surface area contributed by atoms with Crippen LogP contribution in [-0.2, 0) is 0 Å². The van der Waals surface area contributed by atoms with E-state index in [9.17, 15) is 14.9 Å². The maximum Gasteiger partial charge on any atom is 0.343 e. The van der Waals surface area contributed by atoms with Gasteiger partial charge < -0.3 is 4.74 Å². The van der Waals surface area contributed by atoms with Gasteiger partial charge in [0.2, 0.25) is 0 Å². The van der Waals surface area contributed by atoms with Crippen LogP contribution in [0.3, 0.4) is 0 Å². The molecule has 0 radical (unpaired) electrons. The monoisotopic (exact) mass is 365 g/mol. The maximum atomic E-state index is 12.5. The lowest BCUT2D eigenvalue weighted by Crippen LogP contribution is -2.14. The van der Waals surface area contributed by atoms with Crippen molar-refractivity contribution in [2.24, 2.45) is 5.92 Å². The Morgan fingerprint density at radius 2 is 1.96 bits per heavy atom. The highest BCUT2D eigenvalue weighted by Gasteiger charge is 2.24. The van der Waals surface area contributed by atoms with E-state index in [1.807, 2.05) is 13.0 Å². The molecule has 0 saturated heterocycles. The molecule has 5 heteroatoms. The van der Waals surface area contributed by atoms with Gasteiger partial charge in [-0.1, -0.05) is 32.1 Å². The molecule has 1 atom stereocenters. The Morgan fingerprint density at radius 3 is 2.63 bits per heavy atom. The SMILES string of the molecule is CC1=CC[C@H](C(C)C)c2cc(C)c(OC(=O)c3cccc([N+](=O)[O-])c3)cc21. The molecule has 0 aliphatic heterocycles. The lowest BCUT2D eigenvalue weighted by atomic mass is 9.77. The molecule has 1 aliphatic rings. The molecule has 3 rings (SSSR count). The van der Waals surface area contributed by atoms with Crippen molar-refractivity contribution >= 4 is 17.2 Å². The van der Waals surface area contributed by atoms with Gasteiger partial charge in [-0.2, -0.15) is 0 Å². The first-order valence-corrected chi connectivity index (χ1v) is 9.06. The van der Waals surface area contributed by atoms with E-state index in [1.165, 1.54) is 35.4 Å². The van der Waals surface area contributed by atoms with Crippen LogP contribution >= 0.6 is 0 Å². The Morgan fingerprint density at radius 1 is 1.22 bits per heavy atom. The van der Waals surface area contributed by atoms with Gasteiger partial charge >= 0.3 is 5.97 Å². The smallest absolute Gasteiger partial charge is 0.343 e. The first-order chi connectivity index (χ1) is 12.8. The molecule has 0 saturated carbocycles. The molecule has 0 bridgehead atoms. The van der Waals surface area contributed by atoms with Crippen molar-refractivity contribution in [2.45, 2.75) is 40.0 Å². The summed E-state index contributed by atoms with van der Waals surface area (Å²) in [6.07, 6.45) is 3.25. The van der Waals surface area contributed by atoms with Gasteiger partial charge in [-0.15, -0.1) is 0 Å². The normalized spacial score (nSPS) is 15.9. The quantitative estimate of drug-likeness (QED) is 0.303. The molecule has 0 heterocycles. The Balaban J connectivity index is 1.94. The molecule has 27 heavy (non-hydrogen) atoms. The molecule has 0 aromatic heterocycles. The number of carbonyl (C=O) groups is 1. The number of allylic oxidation sites excluding steroid dienone is 2. The zero-order valence-corrected chi connectivity index (χ0v) is 16.0. The van der Waals surface area contributed by atoms with E-state index in [0.29, 0.717) is 17.6 Å². The zero-order valence-electron chi connectivity index (χ0n) is 16.0. The summed E-state index contributed by atoms with van der Waals surface area (Å²) < 4.78 is 5.59. The maximum absolute atomic E-state index is 12.5. The molecule has 2 aromatic carbocycles. The van der Waals surface area contributed by atoms with E-state index < -0.39 is 10.9 Å². The summed E-state index contributed by atoms with van der Waals surface area (Å²) in [5.74, 6) is 0.858. The summed E-state index contributed by atoms with van der Waals surface area (Å²) in [7, 11) is 0. The second kappa shape index (κ2) is 7.35. The number of carbonyl (C=O) groups excluding carboxylic acids is 1. The van der Waals surface area contributed by atoms with Gasteiger partial charge in [0.1, 0.15) is 5.75 Å². The predicted molar refractivity (Wildman–Crippen MR) is 105 cm³/mol. The van der Waals surface area contributed by atoms with Crippen LogP contribution in [0.25, 0.3) is 5.57 Å². The van der Waals surface area contributed by atoms with Gasteiger partial charge in [0, 0.05) is 12.1 Å². The number of fused-ring (bicyclic) bond motifs is 1. The van der Waals surface area contributed by atoms with Gasteiger partial charge in [0.25, 0.3) is 5.69 Å². The fourth-order valence-corrected chi connectivity index (χ4v) is 3.55. The van der Waals surface area contributed by atoms with E-state index >= 15 is 0 Å². The standard InChI is InChI=1S/C22H23NO4/c1-13(2)18-9-8-14(3)19-12-21(15(4)10-20(18)19)27-22(24)16-6-5-7-17(11-16)23(25)26/h5-8,10-13,18H,9H2,1-4H3/t18-/m1/s1. The third kappa shape index (κ3) is 3.77. The van der Waals surface area contributed by atoms with Crippen LogP contribution in [-0.4, -0.2) is 10.9 Å². The summed E-state index contributed by atoms with van der Waals surface area (Å²) in [6, 6.07) is 9.60. The number of aryl methyl sites for hydroxylation is 1. The number of hydrogen-bond acceptors (Lipinski definition) is 4. The zero-order chi connectivity index (χ0) is 19.7. The number of rotatable bonds is 4. The minimum absolute atomic E-state index is 0.134. The highest BCUT2D eigenvalue weighted by atomic mass is 16.6. The lowest BCUT2D eigenvalue weighted by molar-refractivity contribution is -0.384. The van der Waals surface area contributed by atoms with E-state index in [0.717, 1.165) is 17.5 Å². The van der Waals surface area contributed by atoms with Gasteiger partial charge in [-0.05, 0) is 66.5 Å². The minimum Gasteiger partial charge on any atom is -0.423 e. The number of nitrogens with zero attached hydrogens (tertiary/aromatic N) is 1. The van der Waals surface area contributed by atoms with Crippen LogP contribution in [0.2, 0.25) is 0 Å². The summed E-state index contributed by atoms with van der Waals surface area (Å²) >= 11 is 0. The van der Waals surface area contributed by atoms with Crippen LogP contribution in [0.4, 0.5) is 5.69 Å². The number of hydrogen-bond donors (Lipinski definition) is 0. The number of benzene rings is 2. The van der Waals surface area contributed by atoms with Crippen LogP contribution < -0.4 is 4.74 Å². The van der Waals surface area contributed by atoms with Crippen molar-refractivity contribution in [3.05, 3.63) is 74.8 Å². The largest absolute Gasteiger partial charge is 0.423 e. The van der Waals surface area contributed by atoms with Crippen molar-refractivity contribution in [3.8, 4) is 5.75 Å². The molecule has 1 aliphatic carbocycles. The van der Waals surface area contributed by atoms with Crippen molar-refractivity contribution in [3.63, 3.8) is 0 Å². The highest BCUT2D eigenvalue weighted by molar-refractivity contribution is 5.92. The Labute approximate surface area is 158 Å². The van der Waals surface area contributed by atoms with Crippen molar-refractivity contribution in [1.82, 2.24) is 0 Å². The van der Waals surface area contributed by atoms with Crippen LogP contribution in [0, 0.1) is 23.0 Å². The Kier molecular flexibility index (Phi) is 5.13. The van der Waals surface area contributed by atoms with E-state index in [-0.39, 0.29) is 11.3 Å². The van der Waals surface area contributed by atoms with Gasteiger partial charge in [0.15, 0.2) is 0 Å². The first-order valence-electron chi connectivity index (χ1n) is 9.06. The second-order valence-electron chi connectivity index (χ2n) is 7.38. The summed E-state index contributed by atoms with van der Waals surface area (Å²) in [5, 5.41) is 10.9. The predicted octanol–water partition coefficient (Wildman–Crippen LogP) is 5.67. The van der Waals surface area contributed by atoms with E-state index in [1.54, 1.807) is 0 Å². The van der Waals surface area contributed by atoms with Gasteiger partial charge in [0.05, 0.1) is 10.5 Å². The van der Waals surface area contributed by atoms with Crippen molar-refractivity contribution < 1.29 is 14.5 Å². The third-order valence-corrected chi connectivity index (χ3v) is 5.15. The Hall–Kier alpha value is -2.95. The van der Waals surface area contributed by atoms with Gasteiger partial charge in [-0.25, -0.2) is 4.79 Å². The van der Waals surface area contributed by atoms with E-state index in [4.69, 9.17) is 4.74 Å². The molecule has 2 aromatic rings. The molecule has 0 fully saturated rings. The molecule has 5 nitrogen and oxygen atoms in total. The fraction of sp³-hybridized carbons (Fsp3) is 0.318. The fourth-order valence-electron chi connectivity index (χ4n) is 3.55. The van der Waals surface area contributed by atoms with Crippen molar-refractivity contribution in [2.75, 3.05) is 0 Å². The third-order valence-electron chi connectivity index (χ3n) is 5.15. The lowest BCUT2D eigenvalue weighted by Gasteiger charge is -2.28. The Bertz CT molecular complexity index is 943. The highest BCUT2D eigenvalue weighted by Crippen LogP contribution is 2.41. The van der Waals surface area contributed by atoms with Crippen LogP contribution in [0.5, 0.6) is 5.75 Å². The average Bonchev–Trinajstić information content (AvgIpc) is 2.63. The topological polar surface area (TPSA) is 69.4 Å². The van der Waals surface area contributed by atoms with Gasteiger partial charge in [-0.3, -0.25) is 10.1 Å². The average molecular weight is 365 g/mol. The molecular weight excluding hydrogens is 342 g/mol. The van der Waals surface area contributed by atoms with Crippen molar-refractivity contribution in [1.29, 1.82) is 0 Å². The summed E-state index contributed by atoms with van der Waals surface area (Å²) in [5.41, 5.74) is 4.48. The number of ether oxygens (including phenoxy) is 1. The van der Waals surface area contributed by atoms with Crippen LogP contribution in [0.1, 0.15) is 60.2 Å². The molecule has 0 unspecified atom stereocenters. The number of esters is 1. The first kappa shape index (κ1) is 18.8. The number of non-ortho nitro benzene ring substituents is 1. The van der Waals surface area contributed by atoms with E-state index in [2.05, 4.69) is 32.9 Å². The van der Waals surface area contributed by atoms with Crippen LogP contribution in [0.15, 0.2) is 42.5 Å². The molecule has 0 amide bonds. The minimum atomic E-state index is -0.598. The second-order valence-corrected chi connectivity index (χ2v) is 7.38. The number of nitro benzene ring substituents is 1. The molecule has 140 valence electrons.